The lowest BCUT2D eigenvalue weighted by molar-refractivity contribution is -0.140. The maximum absolute atomic E-state index is 10.8. The number of hydrogen-bond donors (Lipinski definition) is 1. The summed E-state index contributed by atoms with van der Waals surface area (Å²) in [5.74, 6) is 4.10. The molecule has 0 aliphatic carbocycles. The van der Waals surface area contributed by atoms with Crippen LogP contribution in [0.2, 0.25) is 6.32 Å². The molecule has 0 bridgehead atoms. The van der Waals surface area contributed by atoms with Gasteiger partial charge in [0.2, 0.25) is 12.3 Å². The summed E-state index contributed by atoms with van der Waals surface area (Å²) in [5.41, 5.74) is 0. The Morgan fingerprint density at radius 3 is 2.70 bits per heavy atom. The molecule has 2 radical (unpaired) electrons. The van der Waals surface area contributed by atoms with Gasteiger partial charge in [0.05, 0.1) is 7.85 Å². The number of amides is 2. The fourth-order valence-corrected chi connectivity index (χ4v) is 0.407. The SMILES string of the molecule is [B]CC(C)C(=O)N(N)C=O. The number of nitrogens with two attached hydrogens (primary N) is 1. The molecule has 5 heteroatoms. The second-order valence-electron chi connectivity index (χ2n) is 1.99. The highest BCUT2D eigenvalue weighted by Crippen LogP contribution is 2.00. The number of imide groups is 1. The van der Waals surface area contributed by atoms with Crippen LogP contribution in [-0.2, 0) is 9.59 Å². The first-order chi connectivity index (χ1) is 4.63. The van der Waals surface area contributed by atoms with Crippen molar-refractivity contribution in [2.45, 2.75) is 13.2 Å². The van der Waals surface area contributed by atoms with Gasteiger partial charge in [-0.1, -0.05) is 13.2 Å². The van der Waals surface area contributed by atoms with Gasteiger partial charge in [-0.2, -0.15) is 0 Å². The zero-order valence-corrected chi connectivity index (χ0v) is 5.78. The average Bonchev–Trinajstić information content (AvgIpc) is 2.00. The molecular formula is C5H9BN2O2. The highest BCUT2D eigenvalue weighted by Gasteiger charge is 2.14. The van der Waals surface area contributed by atoms with Crippen molar-refractivity contribution in [2.75, 3.05) is 0 Å². The van der Waals surface area contributed by atoms with Gasteiger partial charge in [0.15, 0.2) is 0 Å². The summed E-state index contributed by atoms with van der Waals surface area (Å²) in [5, 5.41) is 0.498. The minimum atomic E-state index is -0.461. The van der Waals surface area contributed by atoms with E-state index in [-0.39, 0.29) is 12.7 Å². The molecule has 0 aliphatic heterocycles. The van der Waals surface area contributed by atoms with Gasteiger partial charge < -0.3 is 0 Å². The van der Waals surface area contributed by atoms with E-state index in [1.807, 2.05) is 0 Å². The van der Waals surface area contributed by atoms with E-state index in [4.69, 9.17) is 13.7 Å². The second-order valence-corrected chi connectivity index (χ2v) is 1.99. The monoisotopic (exact) mass is 140 g/mol. The Bertz CT molecular complexity index is 140. The first kappa shape index (κ1) is 9.16. The third-order valence-electron chi connectivity index (χ3n) is 1.14. The summed E-state index contributed by atoms with van der Waals surface area (Å²) in [6, 6.07) is 0. The lowest BCUT2D eigenvalue weighted by Gasteiger charge is -2.12. The Hall–Kier alpha value is -0.835. The summed E-state index contributed by atoms with van der Waals surface area (Å²) in [6.45, 7) is 1.60. The van der Waals surface area contributed by atoms with E-state index in [1.54, 1.807) is 6.92 Å². The van der Waals surface area contributed by atoms with Crippen LogP contribution in [0.3, 0.4) is 0 Å². The van der Waals surface area contributed by atoms with Gasteiger partial charge in [0.1, 0.15) is 0 Å². The van der Waals surface area contributed by atoms with E-state index in [0.29, 0.717) is 5.01 Å². The van der Waals surface area contributed by atoms with Crippen LogP contribution in [0, 0.1) is 5.92 Å². The van der Waals surface area contributed by atoms with Crippen molar-refractivity contribution in [1.29, 1.82) is 0 Å². The molecule has 2 amide bonds. The summed E-state index contributed by atoms with van der Waals surface area (Å²) in [6.07, 6.45) is 0.453. The zero-order valence-electron chi connectivity index (χ0n) is 5.78. The normalized spacial score (nSPS) is 12.2. The van der Waals surface area contributed by atoms with Crippen LogP contribution in [-0.4, -0.2) is 25.2 Å². The van der Waals surface area contributed by atoms with Crippen molar-refractivity contribution in [3.05, 3.63) is 0 Å². The van der Waals surface area contributed by atoms with Crippen molar-refractivity contribution in [3.63, 3.8) is 0 Å². The largest absolute Gasteiger partial charge is 0.277 e. The minimum absolute atomic E-state index is 0.195. The Labute approximate surface area is 60.7 Å². The molecule has 54 valence electrons. The Morgan fingerprint density at radius 2 is 2.40 bits per heavy atom. The van der Waals surface area contributed by atoms with E-state index in [9.17, 15) is 9.59 Å². The van der Waals surface area contributed by atoms with Crippen molar-refractivity contribution in [2.24, 2.45) is 11.8 Å². The average molecular weight is 140 g/mol. The third kappa shape index (κ3) is 2.18. The molecule has 10 heavy (non-hydrogen) atoms. The molecule has 2 N–H and O–H groups in total. The maximum atomic E-state index is 10.8. The predicted octanol–water partition coefficient (Wildman–Crippen LogP) is -0.932. The lowest BCUT2D eigenvalue weighted by Crippen LogP contribution is -2.39. The molecule has 1 unspecified atom stereocenters. The molecule has 0 fully saturated rings. The van der Waals surface area contributed by atoms with E-state index in [1.165, 1.54) is 0 Å². The Balaban J connectivity index is 3.93. The van der Waals surface area contributed by atoms with Crippen LogP contribution in [0.5, 0.6) is 0 Å². The van der Waals surface area contributed by atoms with E-state index >= 15 is 0 Å². The van der Waals surface area contributed by atoms with E-state index < -0.39 is 11.8 Å². The van der Waals surface area contributed by atoms with Crippen LogP contribution in [0.4, 0.5) is 0 Å². The van der Waals surface area contributed by atoms with Gasteiger partial charge in [-0.15, -0.1) is 0 Å². The van der Waals surface area contributed by atoms with Gasteiger partial charge in [0.25, 0.3) is 0 Å². The molecule has 1 atom stereocenters. The van der Waals surface area contributed by atoms with Crippen LogP contribution < -0.4 is 5.84 Å². The summed E-state index contributed by atoms with van der Waals surface area (Å²) >= 11 is 0. The van der Waals surface area contributed by atoms with Crippen LogP contribution in [0.1, 0.15) is 6.92 Å². The first-order valence-corrected chi connectivity index (χ1v) is 2.86. The van der Waals surface area contributed by atoms with Gasteiger partial charge in [-0.25, -0.2) is 10.9 Å². The third-order valence-corrected chi connectivity index (χ3v) is 1.14. The molecule has 0 heterocycles. The van der Waals surface area contributed by atoms with Crippen LogP contribution in [0.25, 0.3) is 0 Å². The molecule has 0 spiro atoms. The van der Waals surface area contributed by atoms with Crippen molar-refractivity contribution >= 4 is 20.2 Å². The quantitative estimate of drug-likeness (QED) is 0.181. The molecule has 0 saturated heterocycles. The van der Waals surface area contributed by atoms with Crippen LogP contribution >= 0.6 is 0 Å². The molecule has 0 rings (SSSR count). The highest BCUT2D eigenvalue weighted by atomic mass is 16.2. The van der Waals surface area contributed by atoms with Gasteiger partial charge in [0, 0.05) is 5.92 Å². The van der Waals surface area contributed by atoms with Crippen molar-refractivity contribution in [3.8, 4) is 0 Å². The highest BCUT2D eigenvalue weighted by molar-refractivity contribution is 6.10. The minimum Gasteiger partial charge on any atom is -0.277 e. The maximum Gasteiger partial charge on any atom is 0.245 e. The molecule has 0 aromatic rings. The van der Waals surface area contributed by atoms with Gasteiger partial charge in [-0.3, -0.25) is 9.59 Å². The van der Waals surface area contributed by atoms with Crippen molar-refractivity contribution < 1.29 is 9.59 Å². The molecular weight excluding hydrogens is 131 g/mol. The number of nitrogens with zero attached hydrogens (tertiary/aromatic N) is 1. The first-order valence-electron chi connectivity index (χ1n) is 2.86. The topological polar surface area (TPSA) is 63.4 Å². The van der Waals surface area contributed by atoms with E-state index in [2.05, 4.69) is 0 Å². The standard InChI is InChI=1S/C5H9BN2O2/c1-4(2-6)5(10)8(7)3-9/h3-4H,2,7H2,1H3. The zero-order chi connectivity index (χ0) is 8.15. The van der Waals surface area contributed by atoms with Crippen LogP contribution in [0.15, 0.2) is 0 Å². The fourth-order valence-electron chi connectivity index (χ4n) is 0.407. The molecule has 0 aromatic heterocycles. The Morgan fingerprint density at radius 1 is 1.90 bits per heavy atom. The van der Waals surface area contributed by atoms with Gasteiger partial charge >= 0.3 is 0 Å². The molecule has 0 aliphatic rings. The lowest BCUT2D eigenvalue weighted by atomic mass is 9.92. The van der Waals surface area contributed by atoms with E-state index in [0.717, 1.165) is 0 Å². The number of carbonyl (C=O) groups excluding carboxylic acids is 2. The van der Waals surface area contributed by atoms with Gasteiger partial charge in [-0.05, 0) is 0 Å². The number of hydrazine groups is 1. The summed E-state index contributed by atoms with van der Waals surface area (Å²) in [7, 11) is 5.15. The molecule has 4 nitrogen and oxygen atoms in total. The Kier molecular flexibility index (Phi) is 3.72. The summed E-state index contributed by atoms with van der Waals surface area (Å²) < 4.78 is 0. The summed E-state index contributed by atoms with van der Waals surface area (Å²) in [4.78, 5) is 20.7. The number of rotatable bonds is 3. The second kappa shape index (κ2) is 4.06. The number of hydrogen-bond acceptors (Lipinski definition) is 3. The predicted molar refractivity (Wildman–Crippen MR) is 36.8 cm³/mol. The molecule has 0 saturated carbocycles. The van der Waals surface area contributed by atoms with Crippen molar-refractivity contribution in [1.82, 2.24) is 5.01 Å². The molecule has 0 aromatic carbocycles. The smallest absolute Gasteiger partial charge is 0.245 e. The number of carbonyl (C=O) groups is 2. The fraction of sp³-hybridized carbons (Fsp3) is 0.600.